The van der Waals surface area contributed by atoms with Gasteiger partial charge in [-0.1, -0.05) is 31.7 Å². The average Bonchev–Trinajstić information content (AvgIpc) is 2.54. The van der Waals surface area contributed by atoms with Gasteiger partial charge in [-0.05, 0) is 6.42 Å². The van der Waals surface area contributed by atoms with Crippen molar-refractivity contribution in [2.45, 2.75) is 26.4 Å². The van der Waals surface area contributed by atoms with Crippen molar-refractivity contribution in [3.63, 3.8) is 0 Å². The molecule has 1 heterocycles. The van der Waals surface area contributed by atoms with E-state index in [4.69, 9.17) is 4.74 Å². The number of carbonyl (C=O) groups excluding carboxylic acids is 2. The Morgan fingerprint density at radius 3 is 2.80 bits per heavy atom. The first-order chi connectivity index (χ1) is 7.07. The zero-order chi connectivity index (χ0) is 11.1. The minimum atomic E-state index is -0.0547. The summed E-state index contributed by atoms with van der Waals surface area (Å²) in [6.45, 7) is 4.60. The first-order valence-electron chi connectivity index (χ1n) is 5.04. The zero-order valence-electron chi connectivity index (χ0n) is 8.86. The second kappa shape index (κ2) is 3.67. The van der Waals surface area contributed by atoms with E-state index in [9.17, 15) is 9.59 Å². The van der Waals surface area contributed by atoms with Crippen LogP contribution in [0.4, 0.5) is 0 Å². The highest BCUT2D eigenvalue weighted by Crippen LogP contribution is 2.55. The summed E-state index contributed by atoms with van der Waals surface area (Å²) < 4.78 is 4.98. The molecule has 1 saturated heterocycles. The molecular formula is C11H14O3S. The fourth-order valence-electron chi connectivity index (χ4n) is 2.07. The molecule has 0 spiro atoms. The Hall–Kier alpha value is -0.770. The molecule has 1 aliphatic heterocycles. The highest BCUT2D eigenvalue weighted by molar-refractivity contribution is 8.14. The molecule has 0 amide bonds. The molecule has 0 aromatic heterocycles. The van der Waals surface area contributed by atoms with Gasteiger partial charge in [0.1, 0.15) is 6.10 Å². The topological polar surface area (TPSA) is 43.4 Å². The van der Waals surface area contributed by atoms with Gasteiger partial charge in [0.15, 0.2) is 0 Å². The van der Waals surface area contributed by atoms with Crippen LogP contribution in [0, 0.1) is 11.3 Å². The molecule has 1 saturated carbocycles. The molecule has 0 radical (unpaired) electrons. The number of rotatable bonds is 3. The van der Waals surface area contributed by atoms with E-state index < -0.39 is 0 Å². The highest BCUT2D eigenvalue weighted by Gasteiger charge is 2.59. The van der Waals surface area contributed by atoms with Crippen LogP contribution >= 0.6 is 11.8 Å². The first-order valence-corrected chi connectivity index (χ1v) is 6.03. The molecule has 0 N–H and O–H groups in total. The van der Waals surface area contributed by atoms with Crippen molar-refractivity contribution in [3.05, 3.63) is 11.6 Å². The van der Waals surface area contributed by atoms with Crippen LogP contribution in [0.2, 0.25) is 0 Å². The number of ether oxygens (including phenoxy) is 1. The molecule has 3 nitrogen and oxygen atoms in total. The Kier molecular flexibility index (Phi) is 2.63. The summed E-state index contributed by atoms with van der Waals surface area (Å²) in [6.07, 6.45) is 2.79. The minimum Gasteiger partial charge on any atom is -0.463 e. The van der Waals surface area contributed by atoms with Gasteiger partial charge in [0.25, 0.3) is 6.47 Å². The first kappa shape index (κ1) is 10.7. The number of hydrogen-bond acceptors (Lipinski definition) is 4. The largest absolute Gasteiger partial charge is 0.463 e. The Balaban J connectivity index is 2.07. The molecule has 2 atom stereocenters. The van der Waals surface area contributed by atoms with Gasteiger partial charge in [0, 0.05) is 22.7 Å². The molecule has 2 unspecified atom stereocenters. The van der Waals surface area contributed by atoms with Crippen molar-refractivity contribution < 1.29 is 14.3 Å². The van der Waals surface area contributed by atoms with E-state index in [1.807, 2.05) is 6.08 Å². The Morgan fingerprint density at radius 2 is 2.27 bits per heavy atom. The summed E-state index contributed by atoms with van der Waals surface area (Å²) in [7, 11) is 0. The van der Waals surface area contributed by atoms with E-state index in [1.54, 1.807) is 0 Å². The van der Waals surface area contributed by atoms with Gasteiger partial charge in [0.05, 0.1) is 0 Å². The standard InChI is InChI=1S/C11H14O3S/c1-11(2)8(9(11)14-6-12)5-7-3-4-15-10(7)13/h5-6,8-9H,3-4H2,1-2H3. The molecule has 0 aromatic carbocycles. The average molecular weight is 226 g/mol. The predicted molar refractivity (Wildman–Crippen MR) is 58.4 cm³/mol. The highest BCUT2D eigenvalue weighted by atomic mass is 32.2. The maximum atomic E-state index is 11.4. The lowest BCUT2D eigenvalue weighted by Gasteiger charge is -1.97. The Morgan fingerprint density at radius 1 is 1.53 bits per heavy atom. The molecule has 0 bridgehead atoms. The smallest absolute Gasteiger partial charge is 0.293 e. The summed E-state index contributed by atoms with van der Waals surface area (Å²) >= 11 is 1.37. The van der Waals surface area contributed by atoms with Crippen LogP contribution < -0.4 is 0 Å². The molecule has 2 rings (SSSR count). The fraction of sp³-hybridized carbons (Fsp3) is 0.636. The van der Waals surface area contributed by atoms with Crippen LogP contribution in [-0.4, -0.2) is 23.4 Å². The van der Waals surface area contributed by atoms with Gasteiger partial charge in [0.2, 0.25) is 5.12 Å². The van der Waals surface area contributed by atoms with Crippen molar-refractivity contribution in [3.8, 4) is 0 Å². The third-order valence-electron chi connectivity index (χ3n) is 3.26. The van der Waals surface area contributed by atoms with E-state index in [0.717, 1.165) is 17.7 Å². The number of hydrogen-bond donors (Lipinski definition) is 0. The van der Waals surface area contributed by atoms with Crippen molar-refractivity contribution in [1.29, 1.82) is 0 Å². The van der Waals surface area contributed by atoms with Crippen molar-refractivity contribution >= 4 is 23.3 Å². The Bertz CT molecular complexity index is 333. The molecule has 4 heteroatoms. The lowest BCUT2D eigenvalue weighted by molar-refractivity contribution is -0.131. The van der Waals surface area contributed by atoms with Crippen LogP contribution in [0.5, 0.6) is 0 Å². The normalized spacial score (nSPS) is 35.6. The Labute approximate surface area is 93.2 Å². The summed E-state index contributed by atoms with van der Waals surface area (Å²) in [5.41, 5.74) is 0.886. The van der Waals surface area contributed by atoms with E-state index in [-0.39, 0.29) is 22.6 Å². The number of thioether (sulfide) groups is 1. The van der Waals surface area contributed by atoms with Crippen LogP contribution in [0.25, 0.3) is 0 Å². The van der Waals surface area contributed by atoms with E-state index in [1.165, 1.54) is 11.8 Å². The number of carbonyl (C=O) groups is 2. The van der Waals surface area contributed by atoms with Gasteiger partial charge < -0.3 is 4.74 Å². The quantitative estimate of drug-likeness (QED) is 0.543. The molecule has 15 heavy (non-hydrogen) atoms. The van der Waals surface area contributed by atoms with Crippen LogP contribution in [0.1, 0.15) is 20.3 Å². The molecule has 82 valence electrons. The van der Waals surface area contributed by atoms with Gasteiger partial charge >= 0.3 is 0 Å². The zero-order valence-corrected chi connectivity index (χ0v) is 9.67. The fourth-order valence-corrected chi connectivity index (χ4v) is 2.93. The molecule has 1 aliphatic carbocycles. The minimum absolute atomic E-state index is 0.0125. The predicted octanol–water partition coefficient (Wildman–Crippen LogP) is 1.77. The summed E-state index contributed by atoms with van der Waals surface area (Å²) in [6, 6.07) is 0. The second-order valence-electron chi connectivity index (χ2n) is 4.58. The third kappa shape index (κ3) is 1.83. The summed E-state index contributed by atoms with van der Waals surface area (Å²) in [4.78, 5) is 21.7. The van der Waals surface area contributed by atoms with Crippen LogP contribution in [0.15, 0.2) is 11.6 Å². The van der Waals surface area contributed by atoms with Gasteiger partial charge in [-0.15, -0.1) is 0 Å². The summed E-state index contributed by atoms with van der Waals surface area (Å²) in [5, 5.41) is 0.183. The van der Waals surface area contributed by atoms with E-state index in [2.05, 4.69) is 13.8 Å². The van der Waals surface area contributed by atoms with Crippen molar-refractivity contribution in [1.82, 2.24) is 0 Å². The van der Waals surface area contributed by atoms with E-state index >= 15 is 0 Å². The van der Waals surface area contributed by atoms with E-state index in [0.29, 0.717) is 6.47 Å². The summed E-state index contributed by atoms with van der Waals surface area (Å²) in [5.74, 6) is 1.09. The van der Waals surface area contributed by atoms with Crippen LogP contribution in [0.3, 0.4) is 0 Å². The lowest BCUT2D eigenvalue weighted by Crippen LogP contribution is -1.98. The second-order valence-corrected chi connectivity index (χ2v) is 5.65. The molecular weight excluding hydrogens is 212 g/mol. The molecule has 0 aromatic rings. The van der Waals surface area contributed by atoms with Gasteiger partial charge in [-0.3, -0.25) is 9.59 Å². The molecule has 2 aliphatic rings. The monoisotopic (exact) mass is 226 g/mol. The molecule has 2 fully saturated rings. The maximum absolute atomic E-state index is 11.4. The third-order valence-corrected chi connectivity index (χ3v) is 4.19. The van der Waals surface area contributed by atoms with Crippen molar-refractivity contribution in [2.75, 3.05) is 5.75 Å². The van der Waals surface area contributed by atoms with Crippen LogP contribution in [-0.2, 0) is 14.3 Å². The SMILES string of the molecule is CC1(C)C(C=C2CCSC2=O)C1OC=O. The van der Waals surface area contributed by atoms with Gasteiger partial charge in [-0.25, -0.2) is 0 Å². The maximum Gasteiger partial charge on any atom is 0.293 e. The van der Waals surface area contributed by atoms with Crippen molar-refractivity contribution in [2.24, 2.45) is 11.3 Å². The van der Waals surface area contributed by atoms with Gasteiger partial charge in [-0.2, -0.15) is 0 Å². The lowest BCUT2D eigenvalue weighted by atomic mass is 10.1.